The number of nitrogens with one attached hydrogen (secondary N) is 1. The number of nitriles is 1. The zero-order valence-electron chi connectivity index (χ0n) is 11.1. The Bertz CT molecular complexity index is 565. The van der Waals surface area contributed by atoms with E-state index in [0.717, 1.165) is 0 Å². The van der Waals surface area contributed by atoms with Crippen molar-refractivity contribution in [2.24, 2.45) is 0 Å². The summed E-state index contributed by atoms with van der Waals surface area (Å²) in [5, 5.41) is 11.8. The Morgan fingerprint density at radius 1 is 1.16 bits per heavy atom. The fraction of sp³-hybridized carbons (Fsp3) is 0.267. The zero-order valence-corrected chi connectivity index (χ0v) is 11.1. The summed E-state index contributed by atoms with van der Waals surface area (Å²) in [6.45, 7) is 5.05. The third kappa shape index (κ3) is 3.52. The molecule has 19 heavy (non-hydrogen) atoms. The number of aromatic nitrogens is 2. The topological polar surface area (TPSA) is 61.6 Å². The van der Waals surface area contributed by atoms with Crippen LogP contribution in [0.25, 0.3) is 0 Å². The molecule has 0 amide bonds. The van der Waals surface area contributed by atoms with Gasteiger partial charge in [-0.15, -0.1) is 0 Å². The van der Waals surface area contributed by atoms with Crippen LogP contribution in [0.1, 0.15) is 36.6 Å². The lowest BCUT2D eigenvalue weighted by Crippen LogP contribution is -2.02. The smallest absolute Gasteiger partial charge is 0.158 e. The van der Waals surface area contributed by atoms with Crippen LogP contribution in [0.4, 0.5) is 5.82 Å². The van der Waals surface area contributed by atoms with Crippen molar-refractivity contribution < 1.29 is 0 Å². The molecule has 1 N–H and O–H groups in total. The average molecular weight is 252 g/mol. The minimum atomic E-state index is 0.326. The van der Waals surface area contributed by atoms with Gasteiger partial charge in [0.25, 0.3) is 0 Å². The summed E-state index contributed by atoms with van der Waals surface area (Å²) in [5.41, 5.74) is 2.85. The first-order valence-electron chi connectivity index (χ1n) is 6.24. The molecule has 0 radical (unpaired) electrons. The highest BCUT2D eigenvalue weighted by Crippen LogP contribution is 2.15. The Balaban J connectivity index is 1.96. The van der Waals surface area contributed by atoms with E-state index in [0.29, 0.717) is 24.0 Å². The van der Waals surface area contributed by atoms with E-state index in [2.05, 4.69) is 53.4 Å². The van der Waals surface area contributed by atoms with Crippen molar-refractivity contribution in [3.63, 3.8) is 0 Å². The molecule has 1 aromatic carbocycles. The lowest BCUT2D eigenvalue weighted by molar-refractivity contribution is 0.865. The first-order valence-corrected chi connectivity index (χ1v) is 6.24. The second-order valence-corrected chi connectivity index (χ2v) is 4.65. The highest BCUT2D eigenvalue weighted by atomic mass is 15.0. The van der Waals surface area contributed by atoms with Crippen LogP contribution in [0.2, 0.25) is 0 Å². The van der Waals surface area contributed by atoms with Crippen LogP contribution in [-0.2, 0) is 6.54 Å². The quantitative estimate of drug-likeness (QED) is 0.908. The highest BCUT2D eigenvalue weighted by Gasteiger charge is 2.00. The molecule has 4 nitrogen and oxygen atoms in total. The van der Waals surface area contributed by atoms with E-state index in [9.17, 15) is 0 Å². The number of hydrogen-bond donors (Lipinski definition) is 1. The molecule has 0 fully saturated rings. The summed E-state index contributed by atoms with van der Waals surface area (Å²) in [4.78, 5) is 8.07. The lowest BCUT2D eigenvalue weighted by atomic mass is 10.0. The molecule has 0 unspecified atom stereocenters. The van der Waals surface area contributed by atoms with Crippen molar-refractivity contribution in [2.75, 3.05) is 5.32 Å². The van der Waals surface area contributed by atoms with Crippen LogP contribution in [0.15, 0.2) is 36.7 Å². The SMILES string of the molecule is CC(C)c1ccc(CNc2cnc(C#N)cn2)cc1. The van der Waals surface area contributed by atoms with Gasteiger partial charge in [0, 0.05) is 6.54 Å². The largest absolute Gasteiger partial charge is 0.365 e. The molecule has 0 aliphatic rings. The molecule has 0 saturated carbocycles. The summed E-state index contributed by atoms with van der Waals surface area (Å²) in [6, 6.07) is 10.5. The van der Waals surface area contributed by atoms with Gasteiger partial charge in [0.1, 0.15) is 11.9 Å². The number of anilines is 1. The molecule has 1 aromatic heterocycles. The van der Waals surface area contributed by atoms with Crippen molar-refractivity contribution in [1.82, 2.24) is 9.97 Å². The van der Waals surface area contributed by atoms with Crippen molar-refractivity contribution in [1.29, 1.82) is 5.26 Å². The standard InChI is InChI=1S/C15H16N4/c1-11(2)13-5-3-12(4-6-13)8-18-15-10-17-14(7-16)9-19-15/h3-6,9-11H,8H2,1-2H3,(H,18,19). The van der Waals surface area contributed by atoms with Gasteiger partial charge < -0.3 is 5.32 Å². The lowest BCUT2D eigenvalue weighted by Gasteiger charge is -2.08. The molecular formula is C15H16N4. The van der Waals surface area contributed by atoms with Crippen molar-refractivity contribution >= 4 is 5.82 Å². The predicted octanol–water partition coefficient (Wildman–Crippen LogP) is 3.08. The molecule has 2 aromatic rings. The Hall–Kier alpha value is -2.41. The van der Waals surface area contributed by atoms with Crippen LogP contribution >= 0.6 is 0 Å². The van der Waals surface area contributed by atoms with Gasteiger partial charge in [-0.2, -0.15) is 5.26 Å². The highest BCUT2D eigenvalue weighted by molar-refractivity contribution is 5.35. The summed E-state index contributed by atoms with van der Waals surface area (Å²) < 4.78 is 0. The van der Waals surface area contributed by atoms with E-state index < -0.39 is 0 Å². The van der Waals surface area contributed by atoms with Crippen LogP contribution in [0, 0.1) is 11.3 Å². The molecule has 0 spiro atoms. The van der Waals surface area contributed by atoms with Gasteiger partial charge >= 0.3 is 0 Å². The van der Waals surface area contributed by atoms with Gasteiger partial charge in [0.2, 0.25) is 0 Å². The molecule has 2 rings (SSSR count). The van der Waals surface area contributed by atoms with E-state index in [1.807, 2.05) is 6.07 Å². The molecule has 4 heteroatoms. The Labute approximate surface area is 113 Å². The van der Waals surface area contributed by atoms with Crippen LogP contribution in [-0.4, -0.2) is 9.97 Å². The van der Waals surface area contributed by atoms with Crippen LogP contribution < -0.4 is 5.32 Å². The van der Waals surface area contributed by atoms with Gasteiger partial charge in [-0.05, 0) is 17.0 Å². The van der Waals surface area contributed by atoms with Crippen molar-refractivity contribution in [2.45, 2.75) is 26.3 Å². The minimum absolute atomic E-state index is 0.326. The van der Waals surface area contributed by atoms with Gasteiger partial charge in [0.05, 0.1) is 12.4 Å². The summed E-state index contributed by atoms with van der Waals surface area (Å²) in [7, 11) is 0. The number of rotatable bonds is 4. The van der Waals surface area contributed by atoms with Crippen molar-refractivity contribution in [3.8, 4) is 6.07 Å². The predicted molar refractivity (Wildman–Crippen MR) is 74.6 cm³/mol. The van der Waals surface area contributed by atoms with Crippen molar-refractivity contribution in [3.05, 3.63) is 53.5 Å². The zero-order chi connectivity index (χ0) is 13.7. The third-order valence-electron chi connectivity index (χ3n) is 2.89. The summed E-state index contributed by atoms with van der Waals surface area (Å²) >= 11 is 0. The van der Waals surface area contributed by atoms with E-state index in [1.165, 1.54) is 17.3 Å². The fourth-order valence-electron chi connectivity index (χ4n) is 1.69. The second-order valence-electron chi connectivity index (χ2n) is 4.65. The molecule has 0 saturated heterocycles. The number of nitrogens with zero attached hydrogens (tertiary/aromatic N) is 3. The maximum Gasteiger partial charge on any atom is 0.158 e. The molecule has 0 aliphatic carbocycles. The first kappa shape index (κ1) is 13.0. The normalized spacial score (nSPS) is 10.2. The third-order valence-corrected chi connectivity index (χ3v) is 2.89. The van der Waals surface area contributed by atoms with Crippen LogP contribution in [0.5, 0.6) is 0 Å². The maximum absolute atomic E-state index is 8.63. The molecule has 0 bridgehead atoms. The first-order chi connectivity index (χ1) is 9.19. The molecule has 1 heterocycles. The molecule has 0 atom stereocenters. The Morgan fingerprint density at radius 3 is 2.42 bits per heavy atom. The summed E-state index contributed by atoms with van der Waals surface area (Å²) in [6.07, 6.45) is 3.03. The fourth-order valence-corrected chi connectivity index (χ4v) is 1.69. The summed E-state index contributed by atoms with van der Waals surface area (Å²) in [5.74, 6) is 1.22. The monoisotopic (exact) mass is 252 g/mol. The van der Waals surface area contributed by atoms with E-state index in [1.54, 1.807) is 6.20 Å². The average Bonchev–Trinajstić information content (AvgIpc) is 2.46. The number of hydrogen-bond acceptors (Lipinski definition) is 4. The van der Waals surface area contributed by atoms with Gasteiger partial charge in [-0.1, -0.05) is 38.1 Å². The van der Waals surface area contributed by atoms with E-state index in [-0.39, 0.29) is 0 Å². The van der Waals surface area contributed by atoms with Gasteiger partial charge in [-0.25, -0.2) is 9.97 Å². The Morgan fingerprint density at radius 2 is 1.89 bits per heavy atom. The Kier molecular flexibility index (Phi) is 4.09. The van der Waals surface area contributed by atoms with Crippen LogP contribution in [0.3, 0.4) is 0 Å². The molecule has 96 valence electrons. The molecular weight excluding hydrogens is 236 g/mol. The second kappa shape index (κ2) is 5.96. The molecule has 0 aliphatic heterocycles. The number of benzene rings is 1. The van der Waals surface area contributed by atoms with Gasteiger partial charge in [-0.3, -0.25) is 0 Å². The van der Waals surface area contributed by atoms with E-state index in [4.69, 9.17) is 5.26 Å². The minimum Gasteiger partial charge on any atom is -0.365 e. The van der Waals surface area contributed by atoms with E-state index >= 15 is 0 Å². The maximum atomic E-state index is 8.63. The van der Waals surface area contributed by atoms with Gasteiger partial charge in [0.15, 0.2) is 5.69 Å².